The Morgan fingerprint density at radius 1 is 1.05 bits per heavy atom. The Morgan fingerprint density at radius 2 is 1.82 bits per heavy atom. The van der Waals surface area contributed by atoms with Crippen molar-refractivity contribution >= 4 is 22.4 Å². The third-order valence-corrected chi connectivity index (χ3v) is 6.37. The SMILES string of the molecule is Cc1c(C(=O)Nc2ccc(-c3cccc4cnccc34)cc2F)c(=O)n(-c2ccccc2)n1CC(C)(C)O. The Bertz CT molecular complexity index is 1710. The predicted octanol–water partition coefficient (Wildman–Crippen LogP) is 5.32. The van der Waals surface area contributed by atoms with Crippen LogP contribution in [0.15, 0.2) is 90.0 Å². The van der Waals surface area contributed by atoms with E-state index in [0.717, 1.165) is 16.3 Å². The van der Waals surface area contributed by atoms with Crippen LogP contribution in [-0.2, 0) is 6.54 Å². The van der Waals surface area contributed by atoms with Gasteiger partial charge in [0, 0.05) is 17.8 Å². The van der Waals surface area contributed by atoms with E-state index in [-0.39, 0.29) is 17.8 Å². The molecule has 192 valence electrons. The fraction of sp³-hybridized carbons (Fsp3) is 0.167. The number of aromatic nitrogens is 3. The monoisotopic (exact) mass is 510 g/mol. The summed E-state index contributed by atoms with van der Waals surface area (Å²) in [6.45, 7) is 4.95. The molecule has 0 radical (unpaired) electrons. The Morgan fingerprint density at radius 3 is 2.53 bits per heavy atom. The van der Waals surface area contributed by atoms with Gasteiger partial charge in [-0.25, -0.2) is 9.07 Å². The topological polar surface area (TPSA) is 89.2 Å². The molecule has 0 atom stereocenters. The molecular formula is C30H27FN4O3. The normalized spacial score (nSPS) is 11.6. The molecule has 3 aromatic carbocycles. The van der Waals surface area contributed by atoms with Crippen molar-refractivity contribution in [3.63, 3.8) is 0 Å². The molecule has 0 aliphatic rings. The van der Waals surface area contributed by atoms with Gasteiger partial charge in [-0.2, -0.15) is 0 Å². The average molecular weight is 511 g/mol. The van der Waals surface area contributed by atoms with Crippen LogP contribution in [-0.4, -0.2) is 31.0 Å². The van der Waals surface area contributed by atoms with E-state index in [1.165, 1.54) is 16.8 Å². The van der Waals surface area contributed by atoms with Gasteiger partial charge >= 0.3 is 0 Å². The zero-order valence-electron chi connectivity index (χ0n) is 21.3. The van der Waals surface area contributed by atoms with E-state index >= 15 is 4.39 Å². The molecule has 38 heavy (non-hydrogen) atoms. The standard InChI is InChI=1S/C30H27FN4O3/c1-19-27(29(37)35(22-9-5-4-6-10-22)34(19)18-30(2,3)38)28(36)33-26-13-12-20(16-25(26)31)23-11-7-8-21-17-32-15-14-24(21)23/h4-17,38H,18H2,1-3H3,(H,33,36). The van der Waals surface area contributed by atoms with Crippen molar-refractivity contribution in [1.29, 1.82) is 0 Å². The first-order chi connectivity index (χ1) is 18.1. The van der Waals surface area contributed by atoms with Crippen molar-refractivity contribution in [1.82, 2.24) is 14.3 Å². The van der Waals surface area contributed by atoms with Gasteiger partial charge in [-0.05, 0) is 67.6 Å². The molecule has 7 nitrogen and oxygen atoms in total. The number of hydrogen-bond donors (Lipinski definition) is 2. The first-order valence-electron chi connectivity index (χ1n) is 12.2. The van der Waals surface area contributed by atoms with E-state index in [2.05, 4.69) is 10.3 Å². The third kappa shape index (κ3) is 4.73. The summed E-state index contributed by atoms with van der Waals surface area (Å²) < 4.78 is 18.2. The lowest BCUT2D eigenvalue weighted by Crippen LogP contribution is -2.32. The number of fused-ring (bicyclic) bond motifs is 1. The second-order valence-electron chi connectivity index (χ2n) is 9.83. The molecule has 2 heterocycles. The maximum atomic E-state index is 15.2. The van der Waals surface area contributed by atoms with Crippen molar-refractivity contribution in [2.24, 2.45) is 0 Å². The number of halogens is 1. The van der Waals surface area contributed by atoms with Gasteiger partial charge in [0.1, 0.15) is 11.4 Å². The van der Waals surface area contributed by atoms with Crippen LogP contribution in [0.1, 0.15) is 29.9 Å². The third-order valence-electron chi connectivity index (χ3n) is 6.37. The van der Waals surface area contributed by atoms with Gasteiger partial charge in [-0.15, -0.1) is 0 Å². The lowest BCUT2D eigenvalue weighted by atomic mass is 9.99. The Kier molecular flexibility index (Phi) is 6.42. The summed E-state index contributed by atoms with van der Waals surface area (Å²) in [6, 6.07) is 21.0. The Balaban J connectivity index is 1.51. The first kappa shape index (κ1) is 25.1. The highest BCUT2D eigenvalue weighted by molar-refractivity contribution is 6.05. The largest absolute Gasteiger partial charge is 0.389 e. The number of nitrogens with one attached hydrogen (secondary N) is 1. The van der Waals surface area contributed by atoms with Crippen molar-refractivity contribution in [3.05, 3.63) is 113 Å². The highest BCUT2D eigenvalue weighted by Crippen LogP contribution is 2.30. The summed E-state index contributed by atoms with van der Waals surface area (Å²) in [5.74, 6) is -1.35. The van der Waals surface area contributed by atoms with Gasteiger partial charge < -0.3 is 10.4 Å². The van der Waals surface area contributed by atoms with Crippen molar-refractivity contribution in [3.8, 4) is 16.8 Å². The second kappa shape index (κ2) is 9.72. The number of benzene rings is 3. The number of nitrogens with zero attached hydrogens (tertiary/aromatic N) is 3. The van der Waals surface area contributed by atoms with Crippen LogP contribution in [0.3, 0.4) is 0 Å². The van der Waals surface area contributed by atoms with E-state index < -0.39 is 22.9 Å². The number of rotatable bonds is 6. The molecule has 0 bridgehead atoms. The smallest absolute Gasteiger partial charge is 0.284 e. The van der Waals surface area contributed by atoms with E-state index in [9.17, 15) is 14.7 Å². The quantitative estimate of drug-likeness (QED) is 0.323. The molecule has 1 amide bonds. The molecule has 0 aliphatic heterocycles. The van der Waals surface area contributed by atoms with Crippen LogP contribution < -0.4 is 10.9 Å². The predicted molar refractivity (Wildman–Crippen MR) is 146 cm³/mol. The van der Waals surface area contributed by atoms with E-state index in [1.54, 1.807) is 68.2 Å². The van der Waals surface area contributed by atoms with Crippen LogP contribution in [0.4, 0.5) is 10.1 Å². The van der Waals surface area contributed by atoms with Crippen LogP contribution in [0.25, 0.3) is 27.6 Å². The fourth-order valence-corrected chi connectivity index (χ4v) is 4.64. The summed E-state index contributed by atoms with van der Waals surface area (Å²) in [6.07, 6.45) is 3.43. The van der Waals surface area contributed by atoms with Crippen LogP contribution in [0, 0.1) is 12.7 Å². The number of carbonyl (C=O) groups excluding carboxylic acids is 1. The van der Waals surface area contributed by atoms with E-state index in [4.69, 9.17) is 0 Å². The van der Waals surface area contributed by atoms with Crippen LogP contribution in [0.5, 0.6) is 0 Å². The number of carbonyl (C=O) groups is 1. The van der Waals surface area contributed by atoms with Gasteiger partial charge in [0.15, 0.2) is 0 Å². The number of hydrogen-bond acceptors (Lipinski definition) is 4. The van der Waals surface area contributed by atoms with Crippen LogP contribution in [0.2, 0.25) is 0 Å². The number of aliphatic hydroxyl groups is 1. The lowest BCUT2D eigenvalue weighted by molar-refractivity contribution is 0.0546. The molecule has 2 aromatic heterocycles. The molecule has 8 heteroatoms. The van der Waals surface area contributed by atoms with Gasteiger partial charge in [0.25, 0.3) is 11.5 Å². The highest BCUT2D eigenvalue weighted by atomic mass is 19.1. The lowest BCUT2D eigenvalue weighted by Gasteiger charge is -2.22. The number of pyridine rings is 1. The molecule has 5 aromatic rings. The zero-order chi connectivity index (χ0) is 27.0. The number of anilines is 1. The molecule has 2 N–H and O–H groups in total. The molecule has 0 fully saturated rings. The zero-order valence-corrected chi connectivity index (χ0v) is 21.3. The maximum absolute atomic E-state index is 15.2. The number of amides is 1. The minimum absolute atomic E-state index is 0.0408. The van der Waals surface area contributed by atoms with Gasteiger partial charge in [-0.3, -0.25) is 19.3 Å². The van der Waals surface area contributed by atoms with Crippen molar-refractivity contribution in [2.75, 3.05) is 5.32 Å². The first-order valence-corrected chi connectivity index (χ1v) is 12.2. The fourth-order valence-electron chi connectivity index (χ4n) is 4.64. The van der Waals surface area contributed by atoms with Crippen molar-refractivity contribution in [2.45, 2.75) is 32.9 Å². The molecule has 5 rings (SSSR count). The summed E-state index contributed by atoms with van der Waals surface area (Å²) in [4.78, 5) is 30.9. The molecule has 0 saturated carbocycles. The van der Waals surface area contributed by atoms with Gasteiger partial charge in [0.05, 0.1) is 29.2 Å². The molecule has 0 spiro atoms. The van der Waals surface area contributed by atoms with Gasteiger partial charge in [-0.1, -0.05) is 42.5 Å². The van der Waals surface area contributed by atoms with Crippen LogP contribution >= 0.6 is 0 Å². The van der Waals surface area contributed by atoms with E-state index in [0.29, 0.717) is 16.9 Å². The summed E-state index contributed by atoms with van der Waals surface area (Å²) in [5.41, 5.74) is 0.522. The molecule has 0 saturated heterocycles. The minimum Gasteiger partial charge on any atom is -0.389 e. The van der Waals surface area contributed by atoms with Crippen molar-refractivity contribution < 1.29 is 14.3 Å². The molecule has 0 unspecified atom stereocenters. The Hall–Kier alpha value is -4.56. The molecule has 0 aliphatic carbocycles. The molecular weight excluding hydrogens is 483 g/mol. The second-order valence-corrected chi connectivity index (χ2v) is 9.83. The Labute approximate surface area is 218 Å². The van der Waals surface area contributed by atoms with Gasteiger partial charge in [0.2, 0.25) is 0 Å². The summed E-state index contributed by atoms with van der Waals surface area (Å²) in [5, 5.41) is 14.9. The van der Waals surface area contributed by atoms with E-state index in [1.807, 2.05) is 30.3 Å². The highest BCUT2D eigenvalue weighted by Gasteiger charge is 2.27. The minimum atomic E-state index is -1.15. The summed E-state index contributed by atoms with van der Waals surface area (Å²) >= 11 is 0. The number of para-hydroxylation sites is 1. The summed E-state index contributed by atoms with van der Waals surface area (Å²) in [7, 11) is 0. The maximum Gasteiger partial charge on any atom is 0.284 e. The average Bonchev–Trinajstić information content (AvgIpc) is 3.13.